The summed E-state index contributed by atoms with van der Waals surface area (Å²) in [7, 11) is 1.86. The van der Waals surface area contributed by atoms with Gasteiger partial charge in [-0.25, -0.2) is 15.0 Å². The molecule has 0 radical (unpaired) electrons. The van der Waals surface area contributed by atoms with Crippen molar-refractivity contribution in [1.29, 1.82) is 0 Å². The number of amides is 1. The summed E-state index contributed by atoms with van der Waals surface area (Å²) in [4.78, 5) is 25.4. The van der Waals surface area contributed by atoms with Gasteiger partial charge in [-0.2, -0.15) is 0 Å². The molecule has 2 aromatic heterocycles. The molecule has 0 aromatic carbocycles. The summed E-state index contributed by atoms with van der Waals surface area (Å²) < 4.78 is 0. The van der Waals surface area contributed by atoms with Crippen LogP contribution in [0.4, 0.5) is 0 Å². The van der Waals surface area contributed by atoms with Crippen LogP contribution in [0.15, 0.2) is 18.5 Å². The number of aromatic nitrogens is 3. The normalized spacial score (nSPS) is 12.2. The van der Waals surface area contributed by atoms with Gasteiger partial charge in [0.15, 0.2) is 10.8 Å². The molecule has 106 valence electrons. The topological polar surface area (TPSA) is 79.8 Å². The number of carbonyl (C=O) groups excluding carboxylic acids is 1. The van der Waals surface area contributed by atoms with Crippen LogP contribution in [0, 0.1) is 6.92 Å². The lowest BCUT2D eigenvalue weighted by atomic mass is 10.3. The molecule has 6 nitrogen and oxygen atoms in total. The molecular weight excluding hydrogens is 274 g/mol. The van der Waals surface area contributed by atoms with Crippen molar-refractivity contribution in [3.63, 3.8) is 0 Å². The van der Waals surface area contributed by atoms with Gasteiger partial charge in [0.2, 0.25) is 0 Å². The fraction of sp³-hybridized carbons (Fsp3) is 0.385. The van der Waals surface area contributed by atoms with E-state index in [1.165, 1.54) is 11.3 Å². The second-order valence-electron chi connectivity index (χ2n) is 4.41. The maximum atomic E-state index is 12.1. The third-order valence-corrected chi connectivity index (χ3v) is 3.97. The lowest BCUT2D eigenvalue weighted by Crippen LogP contribution is -2.37. The summed E-state index contributed by atoms with van der Waals surface area (Å²) >= 11 is 1.31. The van der Waals surface area contributed by atoms with E-state index < -0.39 is 0 Å². The van der Waals surface area contributed by atoms with Crippen molar-refractivity contribution in [3.8, 4) is 10.8 Å². The number of nitrogens with one attached hydrogen (secondary N) is 2. The second kappa shape index (κ2) is 6.53. The number of rotatable bonds is 5. The van der Waals surface area contributed by atoms with E-state index in [2.05, 4.69) is 25.6 Å². The van der Waals surface area contributed by atoms with Gasteiger partial charge in [0.1, 0.15) is 4.88 Å². The zero-order valence-corrected chi connectivity index (χ0v) is 12.5. The summed E-state index contributed by atoms with van der Waals surface area (Å²) in [5, 5.41) is 6.62. The van der Waals surface area contributed by atoms with Crippen molar-refractivity contribution < 1.29 is 4.79 Å². The average Bonchev–Trinajstić information content (AvgIpc) is 2.87. The van der Waals surface area contributed by atoms with Crippen molar-refractivity contribution in [2.24, 2.45) is 0 Å². The number of likely N-dealkylation sites (N-methyl/N-ethyl adjacent to an activating group) is 1. The zero-order valence-electron chi connectivity index (χ0n) is 11.7. The molecule has 0 fully saturated rings. The second-order valence-corrected chi connectivity index (χ2v) is 5.40. The molecular formula is C13H17N5OS. The van der Waals surface area contributed by atoms with Crippen LogP contribution in [0.3, 0.4) is 0 Å². The summed E-state index contributed by atoms with van der Waals surface area (Å²) in [5.74, 6) is 0.438. The molecule has 2 N–H and O–H groups in total. The van der Waals surface area contributed by atoms with Crippen molar-refractivity contribution in [1.82, 2.24) is 25.6 Å². The predicted octanol–water partition coefficient (Wildman–Crippen LogP) is 1.25. The third kappa shape index (κ3) is 3.37. The molecule has 0 spiro atoms. The maximum absolute atomic E-state index is 12.1. The molecule has 2 heterocycles. The van der Waals surface area contributed by atoms with Crippen molar-refractivity contribution in [3.05, 3.63) is 29.0 Å². The Balaban J connectivity index is 2.13. The van der Waals surface area contributed by atoms with Gasteiger partial charge in [-0.15, -0.1) is 11.3 Å². The highest BCUT2D eigenvalue weighted by Gasteiger charge is 2.17. The van der Waals surface area contributed by atoms with Gasteiger partial charge in [0, 0.05) is 25.0 Å². The van der Waals surface area contributed by atoms with Gasteiger partial charge < -0.3 is 10.6 Å². The van der Waals surface area contributed by atoms with Crippen LogP contribution < -0.4 is 10.6 Å². The smallest absolute Gasteiger partial charge is 0.263 e. The minimum absolute atomic E-state index is 0.107. The van der Waals surface area contributed by atoms with Crippen molar-refractivity contribution in [2.45, 2.75) is 19.9 Å². The lowest BCUT2D eigenvalue weighted by Gasteiger charge is -2.10. The highest BCUT2D eigenvalue weighted by Crippen LogP contribution is 2.24. The number of aryl methyl sites for hydroxylation is 1. The molecule has 2 aromatic rings. The highest BCUT2D eigenvalue weighted by molar-refractivity contribution is 7.17. The quantitative estimate of drug-likeness (QED) is 0.866. The van der Waals surface area contributed by atoms with Gasteiger partial charge in [0.25, 0.3) is 5.91 Å². The van der Waals surface area contributed by atoms with E-state index >= 15 is 0 Å². The SMILES string of the molecule is CNC(C)CNC(=O)c1sc(-c2ncccn2)nc1C. The standard InChI is InChI=1S/C13H17N5OS/c1-8(14-3)7-17-12(19)10-9(2)18-13(20-10)11-15-5-4-6-16-11/h4-6,8,14H,7H2,1-3H3,(H,17,19). The summed E-state index contributed by atoms with van der Waals surface area (Å²) in [6.07, 6.45) is 3.32. The van der Waals surface area contributed by atoms with Crippen LogP contribution in [0.1, 0.15) is 22.3 Å². The van der Waals surface area contributed by atoms with E-state index in [1.54, 1.807) is 18.5 Å². The number of hydrogen-bond acceptors (Lipinski definition) is 6. The summed E-state index contributed by atoms with van der Waals surface area (Å²) in [6.45, 7) is 4.40. The first-order valence-electron chi connectivity index (χ1n) is 6.32. The molecule has 0 bridgehead atoms. The van der Waals surface area contributed by atoms with E-state index in [1.807, 2.05) is 20.9 Å². The Morgan fingerprint density at radius 3 is 2.75 bits per heavy atom. The molecule has 1 amide bonds. The minimum Gasteiger partial charge on any atom is -0.350 e. The van der Waals surface area contributed by atoms with E-state index in [0.717, 1.165) is 0 Å². The number of nitrogens with zero attached hydrogens (tertiary/aromatic N) is 3. The molecule has 0 saturated heterocycles. The van der Waals surface area contributed by atoms with Gasteiger partial charge >= 0.3 is 0 Å². The fourth-order valence-electron chi connectivity index (χ4n) is 1.54. The molecule has 0 aliphatic rings. The van der Waals surface area contributed by atoms with E-state index in [4.69, 9.17) is 0 Å². The Bertz CT molecular complexity index is 584. The van der Waals surface area contributed by atoms with Crippen LogP contribution in [-0.4, -0.2) is 40.5 Å². The Morgan fingerprint density at radius 2 is 2.10 bits per heavy atom. The van der Waals surface area contributed by atoms with Gasteiger partial charge in [0.05, 0.1) is 5.69 Å². The minimum atomic E-state index is -0.107. The van der Waals surface area contributed by atoms with Gasteiger partial charge in [-0.3, -0.25) is 4.79 Å². The first-order valence-corrected chi connectivity index (χ1v) is 7.13. The van der Waals surface area contributed by atoms with E-state index in [9.17, 15) is 4.79 Å². The van der Waals surface area contributed by atoms with Gasteiger partial charge in [-0.1, -0.05) is 0 Å². The average molecular weight is 291 g/mol. The van der Waals surface area contributed by atoms with Crippen LogP contribution >= 0.6 is 11.3 Å². The van der Waals surface area contributed by atoms with Gasteiger partial charge in [-0.05, 0) is 27.0 Å². The van der Waals surface area contributed by atoms with Crippen molar-refractivity contribution >= 4 is 17.2 Å². The first-order chi connectivity index (χ1) is 9.61. The Labute approximate surface area is 121 Å². The van der Waals surface area contributed by atoms with E-state index in [-0.39, 0.29) is 11.9 Å². The molecule has 0 saturated carbocycles. The number of thiazole rings is 1. The van der Waals surface area contributed by atoms with Crippen LogP contribution in [0.25, 0.3) is 10.8 Å². The van der Waals surface area contributed by atoms with E-state index in [0.29, 0.717) is 27.9 Å². The maximum Gasteiger partial charge on any atom is 0.263 e. The monoisotopic (exact) mass is 291 g/mol. The number of carbonyl (C=O) groups is 1. The molecule has 20 heavy (non-hydrogen) atoms. The molecule has 1 unspecified atom stereocenters. The molecule has 0 aliphatic heterocycles. The Kier molecular flexibility index (Phi) is 4.75. The van der Waals surface area contributed by atoms with Crippen molar-refractivity contribution in [2.75, 3.05) is 13.6 Å². The predicted molar refractivity (Wildman–Crippen MR) is 78.7 cm³/mol. The van der Waals surface area contributed by atoms with Crippen LogP contribution in [0.5, 0.6) is 0 Å². The Morgan fingerprint density at radius 1 is 1.40 bits per heavy atom. The van der Waals surface area contributed by atoms with Crippen LogP contribution in [0.2, 0.25) is 0 Å². The first kappa shape index (κ1) is 14.5. The number of hydrogen-bond donors (Lipinski definition) is 2. The molecule has 1 atom stereocenters. The van der Waals surface area contributed by atoms with Crippen LogP contribution in [-0.2, 0) is 0 Å². The summed E-state index contributed by atoms with van der Waals surface area (Å²) in [5.41, 5.74) is 0.701. The third-order valence-electron chi connectivity index (χ3n) is 2.82. The highest BCUT2D eigenvalue weighted by atomic mass is 32.1. The fourth-order valence-corrected chi connectivity index (χ4v) is 2.47. The molecule has 7 heteroatoms. The molecule has 0 aliphatic carbocycles. The molecule has 2 rings (SSSR count). The zero-order chi connectivity index (χ0) is 14.5. The largest absolute Gasteiger partial charge is 0.350 e. The Hall–Kier alpha value is -1.86. The lowest BCUT2D eigenvalue weighted by molar-refractivity contribution is 0.0954. The summed E-state index contributed by atoms with van der Waals surface area (Å²) in [6, 6.07) is 1.97.